The summed E-state index contributed by atoms with van der Waals surface area (Å²) in [5.41, 5.74) is 5.24. The van der Waals surface area contributed by atoms with Gasteiger partial charge in [0.25, 0.3) is 0 Å². The molecule has 110 valence electrons. The Balaban J connectivity index is 2.43. The van der Waals surface area contributed by atoms with E-state index in [0.717, 1.165) is 28.2 Å². The molecule has 0 aliphatic carbocycles. The highest BCUT2D eigenvalue weighted by Gasteiger charge is 2.10. The van der Waals surface area contributed by atoms with Gasteiger partial charge < -0.3 is 4.90 Å². The molecule has 0 saturated carbocycles. The van der Waals surface area contributed by atoms with Gasteiger partial charge >= 0.3 is 0 Å². The molecule has 0 aliphatic heterocycles. The third-order valence-corrected chi connectivity index (χ3v) is 3.53. The largest absolute Gasteiger partial charge is 0.311 e. The second-order valence-corrected chi connectivity index (χ2v) is 4.86. The van der Waals surface area contributed by atoms with Crippen molar-refractivity contribution in [3.63, 3.8) is 0 Å². The summed E-state index contributed by atoms with van der Waals surface area (Å²) in [6.07, 6.45) is 5.69. The fourth-order valence-corrected chi connectivity index (χ4v) is 2.35. The summed E-state index contributed by atoms with van der Waals surface area (Å²) in [7, 11) is 0. The summed E-state index contributed by atoms with van der Waals surface area (Å²) in [4.78, 5) is 2.08. The third-order valence-electron chi connectivity index (χ3n) is 3.53. The standard InChI is InChI=1S/C21H21N/c1-5-17(4)22(20-11-9-8-10-12-20)21-15-13-19(14-16-21)18(6-2)7-3/h5-16H,1-2,4H2,3H3/b18-7+. The van der Waals surface area contributed by atoms with E-state index in [9.17, 15) is 0 Å². The maximum atomic E-state index is 4.10. The first kappa shape index (κ1) is 15.6. The minimum atomic E-state index is 0.842. The number of para-hydroxylation sites is 1. The van der Waals surface area contributed by atoms with Crippen molar-refractivity contribution in [1.29, 1.82) is 0 Å². The molecule has 22 heavy (non-hydrogen) atoms. The predicted octanol–water partition coefficient (Wildman–Crippen LogP) is 6.11. The van der Waals surface area contributed by atoms with E-state index >= 15 is 0 Å². The van der Waals surface area contributed by atoms with Crippen molar-refractivity contribution in [2.45, 2.75) is 6.92 Å². The predicted molar refractivity (Wildman–Crippen MR) is 98.2 cm³/mol. The summed E-state index contributed by atoms with van der Waals surface area (Å²) in [6, 6.07) is 18.5. The number of hydrogen-bond donors (Lipinski definition) is 0. The lowest BCUT2D eigenvalue weighted by Crippen LogP contribution is -2.13. The summed E-state index contributed by atoms with van der Waals surface area (Å²) in [6.45, 7) is 13.8. The van der Waals surface area contributed by atoms with Crippen LogP contribution in [0.15, 0.2) is 98.3 Å². The zero-order valence-electron chi connectivity index (χ0n) is 13.0. The van der Waals surface area contributed by atoms with Gasteiger partial charge in [0.15, 0.2) is 0 Å². The number of anilines is 2. The van der Waals surface area contributed by atoms with Crippen LogP contribution in [0.2, 0.25) is 0 Å². The average Bonchev–Trinajstić information content (AvgIpc) is 2.58. The number of allylic oxidation sites excluding steroid dienone is 4. The Labute approximate surface area is 133 Å². The Bertz CT molecular complexity index is 690. The second kappa shape index (κ2) is 7.28. The van der Waals surface area contributed by atoms with Crippen LogP contribution in [-0.4, -0.2) is 0 Å². The highest BCUT2D eigenvalue weighted by molar-refractivity contribution is 5.76. The fraction of sp³-hybridized carbons (Fsp3) is 0.0476. The molecule has 2 aromatic carbocycles. The molecule has 0 heterocycles. The second-order valence-electron chi connectivity index (χ2n) is 4.86. The lowest BCUT2D eigenvalue weighted by atomic mass is 10.0. The fourth-order valence-electron chi connectivity index (χ4n) is 2.35. The number of hydrogen-bond acceptors (Lipinski definition) is 1. The van der Waals surface area contributed by atoms with Crippen molar-refractivity contribution >= 4 is 16.9 Å². The topological polar surface area (TPSA) is 3.24 Å². The van der Waals surface area contributed by atoms with Crippen LogP contribution in [0.1, 0.15) is 12.5 Å². The van der Waals surface area contributed by atoms with Crippen molar-refractivity contribution < 1.29 is 0 Å². The highest BCUT2D eigenvalue weighted by atomic mass is 15.1. The monoisotopic (exact) mass is 287 g/mol. The van der Waals surface area contributed by atoms with E-state index in [1.165, 1.54) is 0 Å². The van der Waals surface area contributed by atoms with Gasteiger partial charge in [0.1, 0.15) is 0 Å². The van der Waals surface area contributed by atoms with Crippen LogP contribution >= 0.6 is 0 Å². The molecule has 0 radical (unpaired) electrons. The first-order valence-electron chi connectivity index (χ1n) is 7.27. The zero-order chi connectivity index (χ0) is 15.9. The van der Waals surface area contributed by atoms with E-state index in [-0.39, 0.29) is 0 Å². The van der Waals surface area contributed by atoms with Crippen LogP contribution in [0.5, 0.6) is 0 Å². The Hall–Kier alpha value is -2.80. The van der Waals surface area contributed by atoms with Crippen molar-refractivity contribution in [1.82, 2.24) is 0 Å². The molecule has 1 nitrogen and oxygen atoms in total. The Morgan fingerprint density at radius 1 is 0.864 bits per heavy atom. The first-order valence-corrected chi connectivity index (χ1v) is 7.27. The highest BCUT2D eigenvalue weighted by Crippen LogP contribution is 2.30. The van der Waals surface area contributed by atoms with Gasteiger partial charge in [0.2, 0.25) is 0 Å². The lowest BCUT2D eigenvalue weighted by molar-refractivity contribution is 1.22. The van der Waals surface area contributed by atoms with E-state index in [1.807, 2.05) is 31.2 Å². The van der Waals surface area contributed by atoms with Crippen LogP contribution in [0, 0.1) is 0 Å². The maximum absolute atomic E-state index is 4.10. The quantitative estimate of drug-likeness (QED) is 0.579. The smallest absolute Gasteiger partial charge is 0.0461 e. The van der Waals surface area contributed by atoms with Gasteiger partial charge in [0, 0.05) is 17.1 Å². The van der Waals surface area contributed by atoms with Gasteiger partial charge in [-0.1, -0.05) is 62.2 Å². The molecule has 0 spiro atoms. The van der Waals surface area contributed by atoms with Crippen molar-refractivity contribution in [3.8, 4) is 0 Å². The molecule has 0 unspecified atom stereocenters. The minimum absolute atomic E-state index is 0.842. The average molecular weight is 287 g/mol. The number of nitrogens with zero attached hydrogens (tertiary/aromatic N) is 1. The molecule has 0 amide bonds. The molecular weight excluding hydrogens is 266 g/mol. The normalized spacial score (nSPS) is 10.9. The molecule has 0 atom stereocenters. The van der Waals surface area contributed by atoms with E-state index in [0.29, 0.717) is 0 Å². The van der Waals surface area contributed by atoms with Gasteiger partial charge in [0.05, 0.1) is 0 Å². The van der Waals surface area contributed by atoms with Gasteiger partial charge in [-0.15, -0.1) is 0 Å². The van der Waals surface area contributed by atoms with Crippen molar-refractivity contribution in [2.75, 3.05) is 4.90 Å². The van der Waals surface area contributed by atoms with Gasteiger partial charge in [-0.2, -0.15) is 0 Å². The van der Waals surface area contributed by atoms with E-state index < -0.39 is 0 Å². The zero-order valence-corrected chi connectivity index (χ0v) is 13.0. The maximum Gasteiger partial charge on any atom is 0.0461 e. The molecule has 0 bridgehead atoms. The summed E-state index contributed by atoms with van der Waals surface area (Å²) < 4.78 is 0. The Kier molecular flexibility index (Phi) is 5.16. The van der Waals surface area contributed by atoms with Crippen molar-refractivity contribution in [3.05, 3.63) is 104 Å². The number of rotatable bonds is 6. The van der Waals surface area contributed by atoms with Crippen LogP contribution in [-0.2, 0) is 0 Å². The van der Waals surface area contributed by atoms with Crippen LogP contribution in [0.3, 0.4) is 0 Å². The molecule has 0 aromatic heterocycles. The van der Waals surface area contributed by atoms with Gasteiger partial charge in [-0.25, -0.2) is 0 Å². The number of benzene rings is 2. The molecule has 0 aliphatic rings. The molecule has 0 saturated heterocycles. The van der Waals surface area contributed by atoms with Crippen LogP contribution < -0.4 is 4.90 Å². The first-order chi connectivity index (χ1) is 10.7. The lowest BCUT2D eigenvalue weighted by Gasteiger charge is -2.25. The Morgan fingerprint density at radius 3 is 1.95 bits per heavy atom. The molecule has 0 fully saturated rings. The minimum Gasteiger partial charge on any atom is -0.311 e. The summed E-state index contributed by atoms with van der Waals surface area (Å²) in [5, 5.41) is 0. The molecule has 1 heteroatoms. The van der Waals surface area contributed by atoms with Gasteiger partial charge in [-0.05, 0) is 48.4 Å². The Morgan fingerprint density at radius 2 is 1.45 bits per heavy atom. The SMILES string of the molecule is C=CC(=C)N(c1ccccc1)c1ccc(/C(C=C)=C/C)cc1. The summed E-state index contributed by atoms with van der Waals surface area (Å²) >= 11 is 0. The molecule has 2 aromatic rings. The van der Waals surface area contributed by atoms with Crippen LogP contribution in [0.25, 0.3) is 5.57 Å². The van der Waals surface area contributed by atoms with Gasteiger partial charge in [-0.3, -0.25) is 0 Å². The van der Waals surface area contributed by atoms with E-state index in [4.69, 9.17) is 0 Å². The molecule has 2 rings (SSSR count). The van der Waals surface area contributed by atoms with E-state index in [1.54, 1.807) is 6.08 Å². The summed E-state index contributed by atoms with van der Waals surface area (Å²) in [5.74, 6) is 0. The molecule has 0 N–H and O–H groups in total. The van der Waals surface area contributed by atoms with Crippen molar-refractivity contribution in [2.24, 2.45) is 0 Å². The van der Waals surface area contributed by atoms with E-state index in [2.05, 4.69) is 67.1 Å². The van der Waals surface area contributed by atoms with Crippen LogP contribution in [0.4, 0.5) is 11.4 Å². The molecular formula is C21H21N. The third kappa shape index (κ3) is 3.26.